The highest BCUT2D eigenvalue weighted by molar-refractivity contribution is 9.10. The van der Waals surface area contributed by atoms with E-state index in [2.05, 4.69) is 20.9 Å². The van der Waals surface area contributed by atoms with Gasteiger partial charge in [-0.1, -0.05) is 0 Å². The van der Waals surface area contributed by atoms with Crippen molar-refractivity contribution in [3.8, 4) is 5.75 Å². The largest absolute Gasteiger partial charge is 0.507 e. The minimum atomic E-state index is -0.156. The fourth-order valence-corrected chi connectivity index (χ4v) is 2.02. The third-order valence-electron chi connectivity index (χ3n) is 2.73. The summed E-state index contributed by atoms with van der Waals surface area (Å²) in [5.41, 5.74) is 1.23. The van der Waals surface area contributed by atoms with E-state index in [0.717, 1.165) is 5.69 Å². The molecule has 0 bridgehead atoms. The summed E-state index contributed by atoms with van der Waals surface area (Å²) in [7, 11) is 0. The van der Waals surface area contributed by atoms with Crippen LogP contribution in [-0.4, -0.2) is 22.5 Å². The Balaban J connectivity index is 2.33. The van der Waals surface area contributed by atoms with E-state index in [1.807, 2.05) is 6.92 Å². The number of carbonyl (C=O) groups is 1. The molecule has 1 heterocycles. The van der Waals surface area contributed by atoms with Crippen LogP contribution in [0.1, 0.15) is 17.3 Å². The summed E-state index contributed by atoms with van der Waals surface area (Å²) in [6.07, 6.45) is 3.29. The van der Waals surface area contributed by atoms with Gasteiger partial charge in [0.05, 0.1) is 4.47 Å². The van der Waals surface area contributed by atoms with Crippen molar-refractivity contribution in [3.63, 3.8) is 0 Å². The molecule has 0 aliphatic carbocycles. The third-order valence-corrected chi connectivity index (χ3v) is 3.40. The lowest BCUT2D eigenvalue weighted by Crippen LogP contribution is -2.30. The predicted octanol–water partition coefficient (Wildman–Crippen LogP) is 3.22. The van der Waals surface area contributed by atoms with Gasteiger partial charge in [-0.25, -0.2) is 0 Å². The van der Waals surface area contributed by atoms with Crippen LogP contribution in [0.4, 0.5) is 5.69 Å². The molecule has 4 nitrogen and oxygen atoms in total. The van der Waals surface area contributed by atoms with Crippen molar-refractivity contribution in [2.24, 2.45) is 0 Å². The van der Waals surface area contributed by atoms with Crippen LogP contribution in [0.15, 0.2) is 47.2 Å². The van der Waals surface area contributed by atoms with Gasteiger partial charge in [0, 0.05) is 30.2 Å². The molecular weight excluding hydrogens is 308 g/mol. The molecule has 2 rings (SSSR count). The Hall–Kier alpha value is -1.88. The summed E-state index contributed by atoms with van der Waals surface area (Å²) in [4.78, 5) is 18.0. The molecular formula is C14H13BrN2O2. The fraction of sp³-hybridized carbons (Fsp3) is 0.143. The van der Waals surface area contributed by atoms with Gasteiger partial charge in [-0.15, -0.1) is 0 Å². The molecule has 0 aliphatic rings. The number of pyridine rings is 1. The van der Waals surface area contributed by atoms with Crippen LogP contribution in [0, 0.1) is 0 Å². The van der Waals surface area contributed by atoms with E-state index in [9.17, 15) is 9.90 Å². The second-order valence-corrected chi connectivity index (χ2v) is 4.78. The zero-order chi connectivity index (χ0) is 13.8. The van der Waals surface area contributed by atoms with Crippen molar-refractivity contribution in [3.05, 3.63) is 52.8 Å². The highest BCUT2D eigenvalue weighted by Crippen LogP contribution is 2.25. The van der Waals surface area contributed by atoms with Crippen molar-refractivity contribution in [1.29, 1.82) is 0 Å². The molecule has 0 saturated heterocycles. The van der Waals surface area contributed by atoms with Gasteiger partial charge >= 0.3 is 0 Å². The van der Waals surface area contributed by atoms with Crippen molar-refractivity contribution >= 4 is 27.5 Å². The summed E-state index contributed by atoms with van der Waals surface area (Å²) in [6.45, 7) is 2.44. The molecule has 1 aromatic heterocycles. The van der Waals surface area contributed by atoms with E-state index >= 15 is 0 Å². The molecule has 0 atom stereocenters. The Labute approximate surface area is 119 Å². The van der Waals surface area contributed by atoms with E-state index in [4.69, 9.17) is 0 Å². The van der Waals surface area contributed by atoms with Gasteiger partial charge in [-0.05, 0) is 53.2 Å². The number of aromatic nitrogens is 1. The highest BCUT2D eigenvalue weighted by atomic mass is 79.9. The zero-order valence-electron chi connectivity index (χ0n) is 10.4. The molecule has 1 amide bonds. The summed E-state index contributed by atoms with van der Waals surface area (Å²) in [5.74, 6) is -0.104. The number of carbonyl (C=O) groups excluding carboxylic acids is 1. The summed E-state index contributed by atoms with van der Waals surface area (Å²) in [5, 5.41) is 9.65. The average Bonchev–Trinajstić information content (AvgIpc) is 2.44. The van der Waals surface area contributed by atoms with Gasteiger partial charge in [0.1, 0.15) is 5.75 Å². The number of amides is 1. The smallest absolute Gasteiger partial charge is 0.258 e. The maximum absolute atomic E-state index is 12.4. The topological polar surface area (TPSA) is 53.4 Å². The standard InChI is InChI=1S/C14H13BrN2O2/c1-2-17(11-5-7-16-8-6-11)14(19)10-3-4-12(15)13(18)9-10/h3-9,18H,2H2,1H3. The third kappa shape index (κ3) is 2.93. The van der Waals surface area contributed by atoms with Crippen LogP contribution in [-0.2, 0) is 0 Å². The second-order valence-electron chi connectivity index (χ2n) is 3.92. The van der Waals surface area contributed by atoms with Gasteiger partial charge in [0.2, 0.25) is 0 Å². The number of hydrogen-bond donors (Lipinski definition) is 1. The number of aromatic hydroxyl groups is 1. The molecule has 0 fully saturated rings. The first-order valence-electron chi connectivity index (χ1n) is 5.84. The minimum Gasteiger partial charge on any atom is -0.507 e. The van der Waals surface area contributed by atoms with Crippen LogP contribution in [0.25, 0.3) is 0 Å². The number of benzene rings is 1. The van der Waals surface area contributed by atoms with Gasteiger partial charge < -0.3 is 10.0 Å². The van der Waals surface area contributed by atoms with Crippen LogP contribution in [0.5, 0.6) is 5.75 Å². The first-order chi connectivity index (χ1) is 9.13. The van der Waals surface area contributed by atoms with Crippen LogP contribution in [0.2, 0.25) is 0 Å². The SMILES string of the molecule is CCN(C(=O)c1ccc(Br)c(O)c1)c1ccncc1. The van der Waals surface area contributed by atoms with E-state index in [-0.39, 0.29) is 11.7 Å². The van der Waals surface area contributed by atoms with E-state index < -0.39 is 0 Å². The molecule has 1 aromatic carbocycles. The molecule has 5 heteroatoms. The Kier molecular flexibility index (Phi) is 4.16. The number of rotatable bonds is 3. The summed E-state index contributed by atoms with van der Waals surface area (Å²) < 4.78 is 0.566. The fourth-order valence-electron chi connectivity index (χ4n) is 1.77. The number of phenolic OH excluding ortho intramolecular Hbond substituents is 1. The number of nitrogens with zero attached hydrogens (tertiary/aromatic N) is 2. The van der Waals surface area contributed by atoms with Gasteiger partial charge in [-0.2, -0.15) is 0 Å². The molecule has 0 spiro atoms. The molecule has 0 radical (unpaired) electrons. The van der Waals surface area contributed by atoms with Gasteiger partial charge in [-0.3, -0.25) is 9.78 Å². The molecule has 0 saturated carbocycles. The number of halogens is 1. The predicted molar refractivity (Wildman–Crippen MR) is 77.4 cm³/mol. The van der Waals surface area contributed by atoms with Crippen molar-refractivity contribution in [2.45, 2.75) is 6.92 Å². The Morgan fingerprint density at radius 1 is 1.32 bits per heavy atom. The van der Waals surface area contributed by atoms with E-state index in [1.165, 1.54) is 6.07 Å². The van der Waals surface area contributed by atoms with Gasteiger partial charge in [0.25, 0.3) is 5.91 Å². The molecule has 0 aliphatic heterocycles. The lowest BCUT2D eigenvalue weighted by molar-refractivity contribution is 0.0988. The number of anilines is 1. The number of hydrogen-bond acceptors (Lipinski definition) is 3. The molecule has 98 valence electrons. The quantitative estimate of drug-likeness (QED) is 0.944. The van der Waals surface area contributed by atoms with Crippen molar-refractivity contribution in [1.82, 2.24) is 4.98 Å². The van der Waals surface area contributed by atoms with Crippen molar-refractivity contribution in [2.75, 3.05) is 11.4 Å². The summed E-state index contributed by atoms with van der Waals surface area (Å²) in [6, 6.07) is 8.34. The number of phenols is 1. The van der Waals surface area contributed by atoms with Crippen LogP contribution in [0.3, 0.4) is 0 Å². The zero-order valence-corrected chi connectivity index (χ0v) is 12.0. The van der Waals surface area contributed by atoms with E-state index in [0.29, 0.717) is 16.6 Å². The monoisotopic (exact) mass is 320 g/mol. The molecule has 19 heavy (non-hydrogen) atoms. The van der Waals surface area contributed by atoms with E-state index in [1.54, 1.807) is 41.6 Å². The Bertz CT molecular complexity index is 587. The first-order valence-corrected chi connectivity index (χ1v) is 6.63. The Morgan fingerprint density at radius 3 is 2.58 bits per heavy atom. The lowest BCUT2D eigenvalue weighted by atomic mass is 10.1. The minimum absolute atomic E-state index is 0.0524. The Morgan fingerprint density at radius 2 is 2.00 bits per heavy atom. The first kappa shape index (κ1) is 13.5. The molecule has 2 aromatic rings. The second kappa shape index (κ2) is 5.84. The summed E-state index contributed by atoms with van der Waals surface area (Å²) >= 11 is 3.19. The van der Waals surface area contributed by atoms with Gasteiger partial charge in [0.15, 0.2) is 0 Å². The van der Waals surface area contributed by atoms with Crippen LogP contribution < -0.4 is 4.90 Å². The lowest BCUT2D eigenvalue weighted by Gasteiger charge is -2.21. The normalized spacial score (nSPS) is 10.2. The maximum atomic E-state index is 12.4. The average molecular weight is 321 g/mol. The molecule has 0 unspecified atom stereocenters. The molecule has 1 N–H and O–H groups in total. The van der Waals surface area contributed by atoms with Crippen molar-refractivity contribution < 1.29 is 9.90 Å². The highest BCUT2D eigenvalue weighted by Gasteiger charge is 2.16. The van der Waals surface area contributed by atoms with Crippen LogP contribution >= 0.6 is 15.9 Å². The maximum Gasteiger partial charge on any atom is 0.258 e.